The smallest absolute Gasteiger partial charge is 0.239 e. The van der Waals surface area contributed by atoms with Gasteiger partial charge in [0, 0.05) is 54.6 Å². The molecule has 1 aromatic carbocycles. The molecule has 3 aliphatic heterocycles. The van der Waals surface area contributed by atoms with Crippen LogP contribution in [0.3, 0.4) is 0 Å². The number of allylic oxidation sites excluding steroid dienone is 2. The molecule has 2 aromatic rings. The minimum absolute atomic E-state index is 0.0131. The number of fused-ring (bicyclic) bond motifs is 3. The molecule has 8 heteroatoms. The molecular formula is C30H31N5O3. The van der Waals surface area contributed by atoms with Gasteiger partial charge in [0.05, 0.1) is 18.0 Å². The van der Waals surface area contributed by atoms with Crippen molar-refractivity contribution in [2.45, 2.75) is 55.9 Å². The van der Waals surface area contributed by atoms with Crippen molar-refractivity contribution in [2.75, 3.05) is 35.3 Å². The highest BCUT2D eigenvalue weighted by Gasteiger charge is 2.52. The number of nitrogens with one attached hydrogen (secondary N) is 2. The summed E-state index contributed by atoms with van der Waals surface area (Å²) in [5, 5.41) is 6.18. The minimum atomic E-state index is -0.593. The first-order chi connectivity index (χ1) is 18.4. The highest BCUT2D eigenvalue weighted by molar-refractivity contribution is 6.06. The van der Waals surface area contributed by atoms with Gasteiger partial charge in [0.2, 0.25) is 17.7 Å². The van der Waals surface area contributed by atoms with E-state index in [1.807, 2.05) is 31.3 Å². The summed E-state index contributed by atoms with van der Waals surface area (Å²) in [7, 11) is 1.85. The molecule has 8 nitrogen and oxygen atoms in total. The van der Waals surface area contributed by atoms with E-state index in [1.165, 1.54) is 11.1 Å². The van der Waals surface area contributed by atoms with Gasteiger partial charge in [0.1, 0.15) is 5.82 Å². The first-order valence-electron chi connectivity index (χ1n) is 13.5. The summed E-state index contributed by atoms with van der Waals surface area (Å²) in [5.41, 5.74) is 5.96. The number of hydrogen-bond donors (Lipinski definition) is 2. The number of carbonyl (C=O) groups excluding carboxylic acids is 3. The maximum atomic E-state index is 13.2. The van der Waals surface area contributed by atoms with E-state index in [1.54, 1.807) is 11.1 Å². The van der Waals surface area contributed by atoms with Crippen LogP contribution in [0.15, 0.2) is 59.8 Å². The zero-order chi connectivity index (χ0) is 26.0. The molecule has 3 atom stereocenters. The van der Waals surface area contributed by atoms with E-state index in [2.05, 4.69) is 38.7 Å². The second-order valence-electron chi connectivity index (χ2n) is 11.3. The van der Waals surface area contributed by atoms with Crippen LogP contribution in [-0.4, -0.2) is 48.9 Å². The van der Waals surface area contributed by atoms with Gasteiger partial charge in [-0.1, -0.05) is 24.3 Å². The van der Waals surface area contributed by atoms with Crippen molar-refractivity contribution in [3.05, 3.63) is 71.0 Å². The average Bonchev–Trinajstić information content (AvgIpc) is 3.55. The van der Waals surface area contributed by atoms with Crippen LogP contribution < -0.4 is 20.4 Å². The Morgan fingerprint density at radius 1 is 1.16 bits per heavy atom. The van der Waals surface area contributed by atoms with Crippen LogP contribution >= 0.6 is 0 Å². The third-order valence-corrected chi connectivity index (χ3v) is 9.02. The Morgan fingerprint density at radius 2 is 2.00 bits per heavy atom. The van der Waals surface area contributed by atoms with E-state index in [4.69, 9.17) is 0 Å². The van der Waals surface area contributed by atoms with Gasteiger partial charge in [-0.05, 0) is 61.4 Å². The summed E-state index contributed by atoms with van der Waals surface area (Å²) in [6.07, 6.45) is 10.5. The van der Waals surface area contributed by atoms with E-state index in [0.29, 0.717) is 31.0 Å². The van der Waals surface area contributed by atoms with E-state index in [0.717, 1.165) is 48.3 Å². The molecule has 3 amide bonds. The van der Waals surface area contributed by atoms with Crippen molar-refractivity contribution in [1.29, 1.82) is 0 Å². The Balaban J connectivity index is 1.07. The van der Waals surface area contributed by atoms with Crippen LogP contribution in [0, 0.1) is 0 Å². The molecule has 1 spiro atoms. The van der Waals surface area contributed by atoms with Crippen LogP contribution in [-0.2, 0) is 19.8 Å². The predicted octanol–water partition coefficient (Wildman–Crippen LogP) is 3.56. The van der Waals surface area contributed by atoms with E-state index >= 15 is 0 Å². The van der Waals surface area contributed by atoms with Crippen LogP contribution in [0.25, 0.3) is 0 Å². The first-order valence-corrected chi connectivity index (χ1v) is 13.5. The fourth-order valence-electron chi connectivity index (χ4n) is 7.18. The van der Waals surface area contributed by atoms with Gasteiger partial charge < -0.3 is 20.4 Å². The molecule has 0 saturated heterocycles. The molecule has 3 unspecified atom stereocenters. The fraction of sp³-hybridized carbons (Fsp3) is 0.400. The SMILES string of the molecule is CN1C(=O)CCCC2CN(CC(=O)NC3C=C4CC5(CC4=CC3)C(=O)Nc3ncccc35)c3cccc1c32. The summed E-state index contributed by atoms with van der Waals surface area (Å²) < 4.78 is 0. The van der Waals surface area contributed by atoms with Gasteiger partial charge in [-0.15, -0.1) is 0 Å². The third kappa shape index (κ3) is 3.50. The van der Waals surface area contributed by atoms with Crippen molar-refractivity contribution < 1.29 is 14.4 Å². The summed E-state index contributed by atoms with van der Waals surface area (Å²) in [6.45, 7) is 1.08. The number of benzene rings is 1. The minimum Gasteiger partial charge on any atom is -0.361 e. The molecule has 194 valence electrons. The van der Waals surface area contributed by atoms with Gasteiger partial charge in [-0.3, -0.25) is 14.4 Å². The van der Waals surface area contributed by atoms with Gasteiger partial charge in [0.25, 0.3) is 0 Å². The van der Waals surface area contributed by atoms with Crippen LogP contribution in [0.1, 0.15) is 55.6 Å². The number of nitrogens with zero attached hydrogens (tertiary/aromatic N) is 3. The standard InChI is InChI=1S/C30H31N5O3/c1-34-23-7-3-8-24-27(23)19(5-2-9-26(34)37)16-35(24)17-25(36)32-21-11-10-18-14-30(15-20(18)13-21)22-6-4-12-31-28(22)33-29(30)38/h3-4,6-8,10,12-13,19,21H,2,5,9,11,14-17H2,1H3,(H,32,36)(H,31,33,38). The second kappa shape index (κ2) is 8.55. The average molecular weight is 510 g/mol. The predicted molar refractivity (Wildman–Crippen MR) is 145 cm³/mol. The van der Waals surface area contributed by atoms with E-state index in [-0.39, 0.29) is 30.3 Å². The number of rotatable bonds is 3. The van der Waals surface area contributed by atoms with Crippen molar-refractivity contribution >= 4 is 34.9 Å². The number of anilines is 3. The number of aromatic nitrogens is 1. The Bertz CT molecular complexity index is 1450. The molecule has 2 aliphatic carbocycles. The van der Waals surface area contributed by atoms with Crippen molar-refractivity contribution in [1.82, 2.24) is 10.3 Å². The zero-order valence-electron chi connectivity index (χ0n) is 21.5. The van der Waals surface area contributed by atoms with Gasteiger partial charge in [0.15, 0.2) is 0 Å². The highest BCUT2D eigenvalue weighted by Crippen LogP contribution is 2.53. The molecule has 4 heterocycles. The molecule has 5 aliphatic rings. The number of pyridine rings is 1. The number of carbonyl (C=O) groups is 3. The topological polar surface area (TPSA) is 94.6 Å². The Morgan fingerprint density at radius 3 is 2.89 bits per heavy atom. The third-order valence-electron chi connectivity index (χ3n) is 9.02. The molecule has 0 bridgehead atoms. The Hall–Kier alpha value is -3.94. The van der Waals surface area contributed by atoms with Gasteiger partial charge in [-0.25, -0.2) is 4.98 Å². The largest absolute Gasteiger partial charge is 0.361 e. The summed E-state index contributed by atoms with van der Waals surface area (Å²) in [6, 6.07) is 9.86. The molecular weight excluding hydrogens is 478 g/mol. The molecule has 1 aromatic heterocycles. The molecule has 0 radical (unpaired) electrons. The quantitative estimate of drug-likeness (QED) is 0.660. The lowest BCUT2D eigenvalue weighted by atomic mass is 9.80. The van der Waals surface area contributed by atoms with Crippen LogP contribution in [0.5, 0.6) is 0 Å². The first kappa shape index (κ1) is 23.2. The number of hydrogen-bond acceptors (Lipinski definition) is 5. The second-order valence-corrected chi connectivity index (χ2v) is 11.3. The molecule has 38 heavy (non-hydrogen) atoms. The van der Waals surface area contributed by atoms with Crippen LogP contribution in [0.4, 0.5) is 17.2 Å². The zero-order valence-corrected chi connectivity index (χ0v) is 21.5. The van der Waals surface area contributed by atoms with Crippen molar-refractivity contribution in [2.24, 2.45) is 0 Å². The van der Waals surface area contributed by atoms with E-state index < -0.39 is 5.41 Å². The van der Waals surface area contributed by atoms with E-state index in [9.17, 15) is 14.4 Å². The Labute approximate surface area is 221 Å². The lowest BCUT2D eigenvalue weighted by Gasteiger charge is -2.25. The van der Waals surface area contributed by atoms with Gasteiger partial charge >= 0.3 is 0 Å². The maximum absolute atomic E-state index is 13.2. The molecule has 7 rings (SSSR count). The molecule has 1 saturated carbocycles. The van der Waals surface area contributed by atoms with Crippen molar-refractivity contribution in [3.8, 4) is 0 Å². The molecule has 2 N–H and O–H groups in total. The van der Waals surface area contributed by atoms with Crippen LogP contribution in [0.2, 0.25) is 0 Å². The summed E-state index contributed by atoms with van der Waals surface area (Å²) in [5.74, 6) is 1.15. The normalized spacial score (nSPS) is 27.2. The monoisotopic (exact) mass is 509 g/mol. The summed E-state index contributed by atoms with van der Waals surface area (Å²) in [4.78, 5) is 47.0. The fourth-order valence-corrected chi connectivity index (χ4v) is 7.18. The molecule has 1 fully saturated rings. The summed E-state index contributed by atoms with van der Waals surface area (Å²) >= 11 is 0. The number of amides is 3. The lowest BCUT2D eigenvalue weighted by molar-refractivity contribution is -0.121. The Kier molecular flexibility index (Phi) is 5.22. The van der Waals surface area contributed by atoms with Gasteiger partial charge in [-0.2, -0.15) is 0 Å². The van der Waals surface area contributed by atoms with Crippen molar-refractivity contribution in [3.63, 3.8) is 0 Å². The maximum Gasteiger partial charge on any atom is 0.239 e. The highest BCUT2D eigenvalue weighted by atomic mass is 16.2. The lowest BCUT2D eigenvalue weighted by Crippen LogP contribution is -2.41.